The summed E-state index contributed by atoms with van der Waals surface area (Å²) in [5, 5.41) is 0. The molecule has 0 heterocycles. The van der Waals surface area contributed by atoms with E-state index in [-0.39, 0.29) is 5.83 Å². The summed E-state index contributed by atoms with van der Waals surface area (Å²) >= 11 is 0. The minimum absolute atomic E-state index is 0.0880. The lowest BCUT2D eigenvalue weighted by atomic mass is 10.2. The van der Waals surface area contributed by atoms with Gasteiger partial charge in [0.25, 0.3) is 0 Å². The van der Waals surface area contributed by atoms with E-state index < -0.39 is 0 Å². The van der Waals surface area contributed by atoms with Crippen molar-refractivity contribution in [1.82, 2.24) is 0 Å². The van der Waals surface area contributed by atoms with Crippen LogP contribution in [0.4, 0.5) is 4.39 Å². The molecule has 0 aromatic rings. The average molecular weight is 102 g/mol. The molecule has 0 fully saturated rings. The molecule has 0 unspecified atom stereocenters. The van der Waals surface area contributed by atoms with Crippen LogP contribution in [0, 0.1) is 5.92 Å². The number of halogens is 1. The maximum absolute atomic E-state index is 11.8. The fourth-order valence-corrected chi connectivity index (χ4v) is 0.459. The fourth-order valence-electron chi connectivity index (χ4n) is 0.459. The molecule has 0 radical (unpaired) electrons. The van der Waals surface area contributed by atoms with Crippen molar-refractivity contribution in [1.29, 1.82) is 0 Å². The molecule has 0 atom stereocenters. The third-order valence-corrected chi connectivity index (χ3v) is 0.563. The van der Waals surface area contributed by atoms with Crippen LogP contribution in [0.1, 0.15) is 20.8 Å². The molecule has 0 nitrogen and oxygen atoms in total. The van der Waals surface area contributed by atoms with Gasteiger partial charge < -0.3 is 0 Å². The van der Waals surface area contributed by atoms with Gasteiger partial charge >= 0.3 is 0 Å². The van der Waals surface area contributed by atoms with Crippen LogP contribution in [0.5, 0.6) is 0 Å². The van der Waals surface area contributed by atoms with Crippen LogP contribution in [0.15, 0.2) is 11.9 Å². The van der Waals surface area contributed by atoms with Crippen molar-refractivity contribution >= 4 is 0 Å². The van der Waals surface area contributed by atoms with Gasteiger partial charge in [0.15, 0.2) is 0 Å². The summed E-state index contributed by atoms with van der Waals surface area (Å²) in [6.45, 7) is 5.35. The van der Waals surface area contributed by atoms with E-state index in [1.807, 2.05) is 13.8 Å². The second kappa shape index (κ2) is 2.78. The second-order valence-electron chi connectivity index (χ2n) is 2.00. The number of hydrogen-bond donors (Lipinski definition) is 0. The molecule has 0 amide bonds. The molecular formula is C6H11F. The lowest BCUT2D eigenvalue weighted by Crippen LogP contribution is -1.77. The van der Waals surface area contributed by atoms with Crippen molar-refractivity contribution in [2.45, 2.75) is 20.8 Å². The van der Waals surface area contributed by atoms with Crippen LogP contribution >= 0.6 is 0 Å². The molecule has 0 aliphatic heterocycles. The van der Waals surface area contributed by atoms with E-state index in [9.17, 15) is 4.39 Å². The van der Waals surface area contributed by atoms with Crippen LogP contribution in [0.25, 0.3) is 0 Å². The van der Waals surface area contributed by atoms with Crippen LogP contribution in [-0.2, 0) is 0 Å². The van der Waals surface area contributed by atoms with Crippen molar-refractivity contribution in [2.24, 2.45) is 5.92 Å². The molecule has 0 saturated heterocycles. The van der Waals surface area contributed by atoms with E-state index >= 15 is 0 Å². The van der Waals surface area contributed by atoms with Gasteiger partial charge in [-0.1, -0.05) is 19.9 Å². The Kier molecular flexibility index (Phi) is 2.65. The number of allylic oxidation sites excluding steroid dienone is 2. The summed E-state index contributed by atoms with van der Waals surface area (Å²) in [5.74, 6) is 0.250. The molecule has 0 aromatic heterocycles. The van der Waals surface area contributed by atoms with Gasteiger partial charge in [-0.3, -0.25) is 0 Å². The minimum Gasteiger partial charge on any atom is -0.212 e. The SMILES string of the molecule is C/C(F)=C\C(C)C. The molecule has 0 spiro atoms. The van der Waals surface area contributed by atoms with E-state index in [0.29, 0.717) is 5.92 Å². The third-order valence-electron chi connectivity index (χ3n) is 0.563. The zero-order chi connectivity index (χ0) is 5.86. The summed E-state index contributed by atoms with van der Waals surface area (Å²) in [4.78, 5) is 0. The molecule has 0 aliphatic rings. The number of hydrogen-bond acceptors (Lipinski definition) is 0. The first-order valence-electron chi connectivity index (χ1n) is 2.47. The highest BCUT2D eigenvalue weighted by Gasteiger charge is 1.85. The smallest absolute Gasteiger partial charge is 0.0931 e. The van der Waals surface area contributed by atoms with Crippen molar-refractivity contribution in [3.8, 4) is 0 Å². The Labute approximate surface area is 44.0 Å². The van der Waals surface area contributed by atoms with Gasteiger partial charge in [-0.05, 0) is 12.8 Å². The summed E-state index contributed by atoms with van der Waals surface area (Å²) in [7, 11) is 0. The van der Waals surface area contributed by atoms with Crippen LogP contribution in [0.2, 0.25) is 0 Å². The average Bonchev–Trinajstić information content (AvgIpc) is 1.27. The first kappa shape index (κ1) is 6.67. The molecule has 0 saturated carbocycles. The summed E-state index contributed by atoms with van der Waals surface area (Å²) in [6, 6.07) is 0. The van der Waals surface area contributed by atoms with Gasteiger partial charge in [-0.15, -0.1) is 0 Å². The van der Waals surface area contributed by atoms with Crippen molar-refractivity contribution < 1.29 is 4.39 Å². The fraction of sp³-hybridized carbons (Fsp3) is 0.667. The van der Waals surface area contributed by atoms with E-state index in [0.717, 1.165) is 0 Å². The van der Waals surface area contributed by atoms with E-state index in [1.165, 1.54) is 6.92 Å². The molecule has 0 N–H and O–H groups in total. The summed E-state index contributed by atoms with van der Waals surface area (Å²) in [5.41, 5.74) is 0. The molecule has 42 valence electrons. The first-order valence-corrected chi connectivity index (χ1v) is 2.47. The lowest BCUT2D eigenvalue weighted by molar-refractivity contribution is 0.620. The van der Waals surface area contributed by atoms with Crippen molar-refractivity contribution in [3.05, 3.63) is 11.9 Å². The second-order valence-corrected chi connectivity index (χ2v) is 2.00. The van der Waals surface area contributed by atoms with Gasteiger partial charge in [0, 0.05) is 0 Å². The van der Waals surface area contributed by atoms with E-state index in [1.54, 1.807) is 6.08 Å². The van der Waals surface area contributed by atoms with Crippen LogP contribution < -0.4 is 0 Å². The lowest BCUT2D eigenvalue weighted by Gasteiger charge is -1.90. The van der Waals surface area contributed by atoms with Gasteiger partial charge in [0.05, 0.1) is 5.83 Å². The van der Waals surface area contributed by atoms with E-state index in [2.05, 4.69) is 0 Å². The zero-order valence-corrected chi connectivity index (χ0v) is 5.03. The Balaban J connectivity index is 3.45. The predicted molar refractivity (Wildman–Crippen MR) is 29.7 cm³/mol. The van der Waals surface area contributed by atoms with Gasteiger partial charge in [0.1, 0.15) is 0 Å². The van der Waals surface area contributed by atoms with Crippen molar-refractivity contribution in [3.63, 3.8) is 0 Å². The Morgan fingerprint density at radius 1 is 1.57 bits per heavy atom. The third kappa shape index (κ3) is 5.67. The van der Waals surface area contributed by atoms with Gasteiger partial charge in [-0.2, -0.15) is 0 Å². The molecule has 0 rings (SSSR count). The minimum atomic E-state index is -0.0880. The zero-order valence-electron chi connectivity index (χ0n) is 5.03. The normalized spacial score (nSPS) is 13.0. The summed E-state index contributed by atoms with van der Waals surface area (Å²) < 4.78 is 11.8. The highest BCUT2D eigenvalue weighted by Crippen LogP contribution is 2.00. The standard InChI is InChI=1S/C6H11F/c1-5(2)4-6(3)7/h4-5H,1-3H3/b6-4+. The molecule has 0 aromatic carbocycles. The Morgan fingerprint density at radius 2 is 2.00 bits per heavy atom. The Bertz CT molecular complexity index is 68.2. The highest BCUT2D eigenvalue weighted by atomic mass is 19.1. The number of rotatable bonds is 1. The topological polar surface area (TPSA) is 0 Å². The summed E-state index contributed by atoms with van der Waals surface area (Å²) in [6.07, 6.45) is 1.58. The van der Waals surface area contributed by atoms with Crippen LogP contribution in [-0.4, -0.2) is 0 Å². The molecule has 0 aliphatic carbocycles. The largest absolute Gasteiger partial charge is 0.212 e. The van der Waals surface area contributed by atoms with Crippen molar-refractivity contribution in [2.75, 3.05) is 0 Å². The van der Waals surface area contributed by atoms with Crippen LogP contribution in [0.3, 0.4) is 0 Å². The maximum atomic E-state index is 11.8. The predicted octanol–water partition coefficient (Wildman–Crippen LogP) is 2.52. The molecule has 7 heavy (non-hydrogen) atoms. The van der Waals surface area contributed by atoms with Gasteiger partial charge in [-0.25, -0.2) is 4.39 Å². The van der Waals surface area contributed by atoms with E-state index in [4.69, 9.17) is 0 Å². The first-order chi connectivity index (χ1) is 3.13. The maximum Gasteiger partial charge on any atom is 0.0931 e. The Morgan fingerprint density at radius 3 is 2.00 bits per heavy atom. The molecular weight excluding hydrogens is 91.1 g/mol. The highest BCUT2D eigenvalue weighted by molar-refractivity contribution is 4.88. The molecule has 1 heteroatoms. The monoisotopic (exact) mass is 102 g/mol. The quantitative estimate of drug-likeness (QED) is 0.477. The molecule has 0 bridgehead atoms. The Hall–Kier alpha value is -0.330. The van der Waals surface area contributed by atoms with Gasteiger partial charge in [0.2, 0.25) is 0 Å².